The van der Waals surface area contributed by atoms with Crippen LogP contribution in [0, 0.1) is 5.82 Å². The van der Waals surface area contributed by atoms with Gasteiger partial charge in [0.2, 0.25) is 5.95 Å². The summed E-state index contributed by atoms with van der Waals surface area (Å²) in [6, 6.07) is 3.09. The summed E-state index contributed by atoms with van der Waals surface area (Å²) in [5, 5.41) is 0. The summed E-state index contributed by atoms with van der Waals surface area (Å²) in [6.07, 6.45) is 0.846. The molecule has 0 aliphatic carbocycles. The molecular formula is C12H15BrFN3O. The Balaban J connectivity index is 2.26. The zero-order valence-electron chi connectivity index (χ0n) is 10.1. The lowest BCUT2D eigenvalue weighted by atomic mass is 10.3. The number of benzene rings is 1. The summed E-state index contributed by atoms with van der Waals surface area (Å²) < 4.78 is 21.0. The molecule has 1 heterocycles. The standard InChI is InChI=1S/C12H15BrFN3O/c1-2-18-5-3-4-17-11-6-8(13)9(14)7-10(11)16-12(17)15/h6-7H,2-5H2,1H3,(H2,15,16). The zero-order chi connectivity index (χ0) is 13.1. The topological polar surface area (TPSA) is 53.1 Å². The van der Waals surface area contributed by atoms with Gasteiger partial charge in [-0.05, 0) is 35.3 Å². The first-order valence-electron chi connectivity index (χ1n) is 5.82. The predicted octanol–water partition coefficient (Wildman–Crippen LogP) is 2.95. The molecule has 98 valence electrons. The quantitative estimate of drug-likeness (QED) is 0.863. The van der Waals surface area contributed by atoms with Crippen LogP contribution in [0.5, 0.6) is 0 Å². The first kappa shape index (κ1) is 13.3. The van der Waals surface area contributed by atoms with Crippen molar-refractivity contribution in [1.29, 1.82) is 0 Å². The summed E-state index contributed by atoms with van der Waals surface area (Å²) >= 11 is 3.17. The van der Waals surface area contributed by atoms with E-state index in [2.05, 4.69) is 20.9 Å². The highest BCUT2D eigenvalue weighted by Gasteiger charge is 2.11. The van der Waals surface area contributed by atoms with E-state index in [-0.39, 0.29) is 5.82 Å². The van der Waals surface area contributed by atoms with E-state index in [9.17, 15) is 4.39 Å². The van der Waals surface area contributed by atoms with E-state index in [1.54, 1.807) is 6.07 Å². The van der Waals surface area contributed by atoms with Crippen LogP contribution in [0.25, 0.3) is 11.0 Å². The third-order valence-electron chi connectivity index (χ3n) is 2.69. The Morgan fingerprint density at radius 2 is 2.28 bits per heavy atom. The minimum atomic E-state index is -0.332. The second kappa shape index (κ2) is 5.67. The summed E-state index contributed by atoms with van der Waals surface area (Å²) in [5.41, 5.74) is 7.25. The van der Waals surface area contributed by atoms with Crippen molar-refractivity contribution in [1.82, 2.24) is 9.55 Å². The Bertz CT molecular complexity index is 556. The molecule has 1 aromatic carbocycles. The highest BCUT2D eigenvalue weighted by Crippen LogP contribution is 2.25. The number of rotatable bonds is 5. The Hall–Kier alpha value is -1.14. The normalized spacial score (nSPS) is 11.3. The first-order valence-corrected chi connectivity index (χ1v) is 6.61. The van der Waals surface area contributed by atoms with Crippen LogP contribution >= 0.6 is 15.9 Å². The first-order chi connectivity index (χ1) is 8.63. The lowest BCUT2D eigenvalue weighted by Crippen LogP contribution is -2.06. The second-order valence-corrected chi connectivity index (χ2v) is 4.78. The lowest BCUT2D eigenvalue weighted by Gasteiger charge is -2.06. The third kappa shape index (κ3) is 2.64. The van der Waals surface area contributed by atoms with E-state index in [1.165, 1.54) is 6.07 Å². The number of nitrogens with two attached hydrogens (primary N) is 1. The molecular weight excluding hydrogens is 301 g/mol. The molecule has 0 fully saturated rings. The Morgan fingerprint density at radius 1 is 1.50 bits per heavy atom. The fourth-order valence-corrected chi connectivity index (χ4v) is 2.17. The maximum Gasteiger partial charge on any atom is 0.201 e. The molecule has 2 N–H and O–H groups in total. The molecule has 0 aliphatic heterocycles. The van der Waals surface area contributed by atoms with Gasteiger partial charge in [0.15, 0.2) is 0 Å². The van der Waals surface area contributed by atoms with Gasteiger partial charge in [-0.3, -0.25) is 0 Å². The number of imidazole rings is 1. The lowest BCUT2D eigenvalue weighted by molar-refractivity contribution is 0.142. The molecule has 0 bridgehead atoms. The van der Waals surface area contributed by atoms with Crippen molar-refractivity contribution in [3.63, 3.8) is 0 Å². The van der Waals surface area contributed by atoms with Crippen molar-refractivity contribution in [3.05, 3.63) is 22.4 Å². The van der Waals surface area contributed by atoms with Gasteiger partial charge in [0.25, 0.3) is 0 Å². The number of nitrogen functional groups attached to an aromatic ring is 1. The van der Waals surface area contributed by atoms with Crippen molar-refractivity contribution < 1.29 is 9.13 Å². The zero-order valence-corrected chi connectivity index (χ0v) is 11.7. The van der Waals surface area contributed by atoms with E-state index in [0.29, 0.717) is 35.7 Å². The fraction of sp³-hybridized carbons (Fsp3) is 0.417. The molecule has 4 nitrogen and oxygen atoms in total. The van der Waals surface area contributed by atoms with Crippen LogP contribution in [0.15, 0.2) is 16.6 Å². The molecule has 6 heteroatoms. The van der Waals surface area contributed by atoms with Crippen molar-refractivity contribution in [2.45, 2.75) is 19.9 Å². The molecule has 2 rings (SSSR count). The second-order valence-electron chi connectivity index (χ2n) is 3.93. The molecule has 0 saturated heterocycles. The van der Waals surface area contributed by atoms with Gasteiger partial charge in [0.1, 0.15) is 5.82 Å². The highest BCUT2D eigenvalue weighted by molar-refractivity contribution is 9.10. The number of hydrogen-bond donors (Lipinski definition) is 1. The maximum absolute atomic E-state index is 13.4. The Labute approximate surface area is 113 Å². The number of hydrogen-bond acceptors (Lipinski definition) is 3. The number of nitrogens with zero attached hydrogens (tertiary/aromatic N) is 2. The molecule has 0 saturated carbocycles. The molecule has 0 atom stereocenters. The van der Waals surface area contributed by atoms with Crippen LogP contribution in [0.3, 0.4) is 0 Å². The van der Waals surface area contributed by atoms with Crippen molar-refractivity contribution in [2.24, 2.45) is 0 Å². The van der Waals surface area contributed by atoms with E-state index in [1.807, 2.05) is 11.5 Å². The largest absolute Gasteiger partial charge is 0.382 e. The highest BCUT2D eigenvalue weighted by atomic mass is 79.9. The molecule has 18 heavy (non-hydrogen) atoms. The average molecular weight is 316 g/mol. The van der Waals surface area contributed by atoms with Gasteiger partial charge in [-0.2, -0.15) is 0 Å². The van der Waals surface area contributed by atoms with E-state index in [0.717, 1.165) is 11.9 Å². The Kier molecular flexibility index (Phi) is 4.19. The van der Waals surface area contributed by atoms with Gasteiger partial charge in [0.05, 0.1) is 15.5 Å². The van der Waals surface area contributed by atoms with Crippen LogP contribution in [0.4, 0.5) is 10.3 Å². The summed E-state index contributed by atoms with van der Waals surface area (Å²) in [7, 11) is 0. The molecule has 0 aliphatic rings. The number of aromatic nitrogens is 2. The number of ether oxygens (including phenoxy) is 1. The molecule has 1 aromatic heterocycles. The molecule has 2 aromatic rings. The van der Waals surface area contributed by atoms with Gasteiger partial charge in [-0.15, -0.1) is 0 Å². The summed E-state index contributed by atoms with van der Waals surface area (Å²) in [5.74, 6) is 0.0699. The van der Waals surface area contributed by atoms with Crippen molar-refractivity contribution in [3.8, 4) is 0 Å². The molecule has 0 spiro atoms. The monoisotopic (exact) mass is 315 g/mol. The van der Waals surface area contributed by atoms with Crippen LogP contribution in [-0.2, 0) is 11.3 Å². The van der Waals surface area contributed by atoms with E-state index < -0.39 is 0 Å². The molecule has 0 radical (unpaired) electrons. The van der Waals surface area contributed by atoms with Crippen LogP contribution in [0.1, 0.15) is 13.3 Å². The molecule has 0 amide bonds. The van der Waals surface area contributed by atoms with Crippen LogP contribution in [0.2, 0.25) is 0 Å². The van der Waals surface area contributed by atoms with Crippen LogP contribution in [-0.4, -0.2) is 22.8 Å². The van der Waals surface area contributed by atoms with Crippen molar-refractivity contribution in [2.75, 3.05) is 18.9 Å². The number of fused-ring (bicyclic) bond motifs is 1. The smallest absolute Gasteiger partial charge is 0.201 e. The molecule has 0 unspecified atom stereocenters. The van der Waals surface area contributed by atoms with Gasteiger partial charge in [0, 0.05) is 25.8 Å². The van der Waals surface area contributed by atoms with Crippen molar-refractivity contribution >= 4 is 32.9 Å². The summed E-state index contributed by atoms with van der Waals surface area (Å²) in [6.45, 7) is 4.05. The maximum atomic E-state index is 13.4. The van der Waals surface area contributed by atoms with Crippen LogP contribution < -0.4 is 5.73 Å². The SMILES string of the molecule is CCOCCCn1c(N)nc2cc(F)c(Br)cc21. The van der Waals surface area contributed by atoms with Gasteiger partial charge in [-0.25, -0.2) is 9.37 Å². The summed E-state index contributed by atoms with van der Waals surface area (Å²) in [4.78, 5) is 4.15. The number of aryl methyl sites for hydroxylation is 1. The van der Waals surface area contributed by atoms with E-state index >= 15 is 0 Å². The predicted molar refractivity (Wildman–Crippen MR) is 72.9 cm³/mol. The average Bonchev–Trinajstić information content (AvgIpc) is 2.62. The minimum Gasteiger partial charge on any atom is -0.382 e. The fourth-order valence-electron chi connectivity index (χ4n) is 1.84. The Morgan fingerprint density at radius 3 is 3.00 bits per heavy atom. The minimum absolute atomic E-state index is 0.332. The van der Waals surface area contributed by atoms with E-state index in [4.69, 9.17) is 10.5 Å². The number of halogens is 2. The number of anilines is 1. The van der Waals surface area contributed by atoms with Gasteiger partial charge >= 0.3 is 0 Å². The van der Waals surface area contributed by atoms with Gasteiger partial charge in [-0.1, -0.05) is 0 Å². The van der Waals surface area contributed by atoms with Gasteiger partial charge < -0.3 is 15.0 Å². The third-order valence-corrected chi connectivity index (χ3v) is 3.30.